The minimum Gasteiger partial charge on any atom is -0.507 e. The van der Waals surface area contributed by atoms with Crippen molar-refractivity contribution in [3.05, 3.63) is 74.9 Å². The van der Waals surface area contributed by atoms with E-state index in [2.05, 4.69) is 29.3 Å². The van der Waals surface area contributed by atoms with Crippen molar-refractivity contribution in [1.29, 1.82) is 0 Å². The number of carbonyl (C=O) groups excluding carboxylic acids is 1. The first-order chi connectivity index (χ1) is 19.0. The van der Waals surface area contributed by atoms with Gasteiger partial charge in [0.1, 0.15) is 10.6 Å². The van der Waals surface area contributed by atoms with Gasteiger partial charge >= 0.3 is 0 Å². The number of phenolic OH excluding ortho intramolecular Hbond substituents is 1. The summed E-state index contributed by atoms with van der Waals surface area (Å²) in [6, 6.07) is 14.8. The molecule has 1 aliphatic carbocycles. The molecule has 2 heterocycles. The number of aryl methyl sites for hydroxylation is 2. The number of rotatable bonds is 9. The molecule has 0 radical (unpaired) electrons. The number of para-hydroxylation sites is 1. The topological polar surface area (TPSA) is 99.8 Å². The second kappa shape index (κ2) is 12.0. The average molecular weight is 562 g/mol. The van der Waals surface area contributed by atoms with E-state index in [1.807, 2.05) is 36.4 Å². The van der Waals surface area contributed by atoms with Crippen LogP contribution < -0.4 is 15.9 Å². The lowest BCUT2D eigenvalue weighted by atomic mass is 9.97. The standard InChI is InChI=1S/C29H31N5O3S2/c1-3-33(4-2)21-15-14-19(23(35)16-21)17-30-32-25(36)18-38-29-31-27-26(22-12-8-9-13-24(22)39-27)28(37)34(29)20-10-6-5-7-11-20/h5-7,10-11,14-17,35H,3-4,8-9,12-13,18H2,1-2H3,(H,32,36). The van der Waals surface area contributed by atoms with Gasteiger partial charge in [0.05, 0.1) is 23.0 Å². The van der Waals surface area contributed by atoms with Crippen molar-refractivity contribution in [2.24, 2.45) is 5.10 Å². The summed E-state index contributed by atoms with van der Waals surface area (Å²) in [5, 5.41) is 15.6. The number of aromatic hydroxyl groups is 1. The first-order valence-electron chi connectivity index (χ1n) is 13.2. The summed E-state index contributed by atoms with van der Waals surface area (Å²) in [6.07, 6.45) is 5.52. The second-order valence-electron chi connectivity index (χ2n) is 9.26. The van der Waals surface area contributed by atoms with Crippen LogP contribution in [-0.4, -0.2) is 45.6 Å². The first kappa shape index (κ1) is 27.0. The molecule has 2 aromatic heterocycles. The van der Waals surface area contributed by atoms with Crippen molar-refractivity contribution < 1.29 is 9.90 Å². The van der Waals surface area contributed by atoms with Crippen LogP contribution in [0.5, 0.6) is 5.75 Å². The highest BCUT2D eigenvalue weighted by molar-refractivity contribution is 7.99. The van der Waals surface area contributed by atoms with Crippen LogP contribution in [0.25, 0.3) is 15.9 Å². The van der Waals surface area contributed by atoms with Crippen LogP contribution in [0.1, 0.15) is 42.7 Å². The highest BCUT2D eigenvalue weighted by Crippen LogP contribution is 2.35. The summed E-state index contributed by atoms with van der Waals surface area (Å²) in [7, 11) is 0. The van der Waals surface area contributed by atoms with Crippen molar-refractivity contribution in [3.8, 4) is 11.4 Å². The van der Waals surface area contributed by atoms with Gasteiger partial charge in [-0.2, -0.15) is 5.10 Å². The van der Waals surface area contributed by atoms with Gasteiger partial charge < -0.3 is 10.0 Å². The summed E-state index contributed by atoms with van der Waals surface area (Å²) in [4.78, 5) is 35.4. The lowest BCUT2D eigenvalue weighted by Crippen LogP contribution is -2.24. The number of nitrogens with zero attached hydrogens (tertiary/aromatic N) is 4. The van der Waals surface area contributed by atoms with E-state index >= 15 is 0 Å². The SMILES string of the molecule is CCN(CC)c1ccc(C=NNC(=O)CSc2nc3sc4c(c3c(=O)n2-c2ccccc2)CCCC4)c(O)c1. The summed E-state index contributed by atoms with van der Waals surface area (Å²) >= 11 is 2.80. The van der Waals surface area contributed by atoms with Crippen LogP contribution in [0.2, 0.25) is 0 Å². The van der Waals surface area contributed by atoms with Crippen LogP contribution >= 0.6 is 23.1 Å². The van der Waals surface area contributed by atoms with Crippen molar-refractivity contribution in [1.82, 2.24) is 15.0 Å². The normalized spacial score (nSPS) is 13.1. The van der Waals surface area contributed by atoms with Crippen molar-refractivity contribution in [2.45, 2.75) is 44.7 Å². The predicted molar refractivity (Wildman–Crippen MR) is 160 cm³/mol. The lowest BCUT2D eigenvalue weighted by molar-refractivity contribution is -0.118. The van der Waals surface area contributed by atoms with E-state index in [1.54, 1.807) is 28.0 Å². The molecule has 0 fully saturated rings. The van der Waals surface area contributed by atoms with Crippen molar-refractivity contribution in [2.75, 3.05) is 23.7 Å². The van der Waals surface area contributed by atoms with E-state index in [9.17, 15) is 14.7 Å². The van der Waals surface area contributed by atoms with Gasteiger partial charge in [-0.15, -0.1) is 11.3 Å². The number of thiophene rings is 1. The molecule has 0 aliphatic heterocycles. The molecule has 202 valence electrons. The largest absolute Gasteiger partial charge is 0.507 e. The highest BCUT2D eigenvalue weighted by Gasteiger charge is 2.23. The Hall–Kier alpha value is -3.63. The smallest absolute Gasteiger partial charge is 0.267 e. The number of hydrogen-bond donors (Lipinski definition) is 2. The number of carbonyl (C=O) groups is 1. The number of nitrogens with one attached hydrogen (secondary N) is 1. The monoisotopic (exact) mass is 561 g/mol. The molecule has 1 amide bonds. The molecule has 1 aliphatic rings. The van der Waals surface area contributed by atoms with E-state index < -0.39 is 0 Å². The molecule has 0 saturated carbocycles. The molecule has 0 saturated heterocycles. The van der Waals surface area contributed by atoms with E-state index in [0.717, 1.165) is 60.5 Å². The Morgan fingerprint density at radius 2 is 1.95 bits per heavy atom. The number of aromatic nitrogens is 2. The number of thioether (sulfide) groups is 1. The molecule has 4 aromatic rings. The van der Waals surface area contributed by atoms with Gasteiger partial charge in [0.15, 0.2) is 5.16 Å². The number of phenols is 1. The zero-order valence-corrected chi connectivity index (χ0v) is 23.6. The molecule has 0 spiro atoms. The van der Waals surface area contributed by atoms with E-state index in [0.29, 0.717) is 16.1 Å². The number of hydrogen-bond acceptors (Lipinski definition) is 8. The number of amides is 1. The molecule has 0 atom stereocenters. The number of hydrazone groups is 1. The third kappa shape index (κ3) is 5.72. The molecular weight excluding hydrogens is 530 g/mol. The quantitative estimate of drug-likeness (QED) is 0.127. The van der Waals surface area contributed by atoms with Crippen LogP contribution in [0.4, 0.5) is 5.69 Å². The highest BCUT2D eigenvalue weighted by atomic mass is 32.2. The third-order valence-corrected chi connectivity index (χ3v) is 8.96. The molecular formula is C29H31N5O3S2. The fourth-order valence-electron chi connectivity index (χ4n) is 4.85. The van der Waals surface area contributed by atoms with Crippen molar-refractivity contribution in [3.63, 3.8) is 0 Å². The van der Waals surface area contributed by atoms with Gasteiger partial charge in [0, 0.05) is 35.3 Å². The Balaban J connectivity index is 1.34. The number of fused-ring (bicyclic) bond motifs is 3. The van der Waals surface area contributed by atoms with Crippen LogP contribution in [0.3, 0.4) is 0 Å². The van der Waals surface area contributed by atoms with Gasteiger partial charge in [-0.1, -0.05) is 30.0 Å². The lowest BCUT2D eigenvalue weighted by Gasteiger charge is -2.21. The van der Waals surface area contributed by atoms with E-state index in [-0.39, 0.29) is 23.0 Å². The fourth-order valence-corrected chi connectivity index (χ4v) is 6.96. The zero-order valence-electron chi connectivity index (χ0n) is 22.0. The molecule has 0 bridgehead atoms. The molecule has 5 rings (SSSR count). The number of anilines is 1. The Morgan fingerprint density at radius 1 is 1.18 bits per heavy atom. The molecule has 8 nitrogen and oxygen atoms in total. The summed E-state index contributed by atoms with van der Waals surface area (Å²) < 4.78 is 1.61. The third-order valence-electron chi connectivity index (χ3n) is 6.84. The molecule has 2 aromatic carbocycles. The molecule has 2 N–H and O–H groups in total. The maximum Gasteiger partial charge on any atom is 0.267 e. The van der Waals surface area contributed by atoms with Gasteiger partial charge in [0.2, 0.25) is 0 Å². The molecule has 0 unspecified atom stereocenters. The van der Waals surface area contributed by atoms with E-state index in [1.165, 1.54) is 22.9 Å². The first-order valence-corrected chi connectivity index (χ1v) is 15.0. The fraction of sp³-hybridized carbons (Fsp3) is 0.310. The van der Waals surface area contributed by atoms with Gasteiger partial charge in [0.25, 0.3) is 11.5 Å². The Labute approximate surface area is 235 Å². The molecule has 39 heavy (non-hydrogen) atoms. The summed E-state index contributed by atoms with van der Waals surface area (Å²) in [5.74, 6) is -0.218. The van der Waals surface area contributed by atoms with Gasteiger partial charge in [-0.25, -0.2) is 10.4 Å². The molecule has 10 heteroatoms. The van der Waals surface area contributed by atoms with Crippen LogP contribution in [0, 0.1) is 0 Å². The summed E-state index contributed by atoms with van der Waals surface area (Å²) in [5.41, 5.74) is 5.72. The second-order valence-corrected chi connectivity index (χ2v) is 11.3. The Kier molecular flexibility index (Phi) is 8.33. The Morgan fingerprint density at radius 3 is 2.69 bits per heavy atom. The minimum atomic E-state index is -0.338. The Bertz CT molecular complexity index is 1580. The van der Waals surface area contributed by atoms with E-state index in [4.69, 9.17) is 4.98 Å². The average Bonchev–Trinajstić information content (AvgIpc) is 3.33. The zero-order chi connectivity index (χ0) is 27.4. The van der Waals surface area contributed by atoms with Crippen LogP contribution in [0.15, 0.2) is 63.6 Å². The maximum absolute atomic E-state index is 13.8. The maximum atomic E-state index is 13.8. The summed E-state index contributed by atoms with van der Waals surface area (Å²) in [6.45, 7) is 5.80. The number of benzene rings is 2. The van der Waals surface area contributed by atoms with Gasteiger partial charge in [-0.3, -0.25) is 14.2 Å². The van der Waals surface area contributed by atoms with Crippen LogP contribution in [-0.2, 0) is 17.6 Å². The van der Waals surface area contributed by atoms with Crippen molar-refractivity contribution >= 4 is 51.1 Å². The minimum absolute atomic E-state index is 0.0279. The predicted octanol–water partition coefficient (Wildman–Crippen LogP) is 5.12. The van der Waals surface area contributed by atoms with Gasteiger partial charge in [-0.05, 0) is 69.4 Å².